The Hall–Kier alpha value is -1.34. The Morgan fingerprint density at radius 1 is 1.12 bits per heavy atom. The Morgan fingerprint density at radius 2 is 1.75 bits per heavy atom. The van der Waals surface area contributed by atoms with Crippen molar-refractivity contribution in [3.05, 3.63) is 29.8 Å². The normalized spacial score (nSPS) is 21.7. The molecule has 3 atom stereocenters. The Morgan fingerprint density at radius 3 is 2.25 bits per heavy atom. The topological polar surface area (TPSA) is 40.5 Å². The third-order valence-corrected chi connectivity index (χ3v) is 8.75. The van der Waals surface area contributed by atoms with Crippen LogP contribution in [-0.2, 0) is 4.79 Å². The predicted octanol–water partition coefficient (Wildman–Crippen LogP) is 6.61. The van der Waals surface area contributed by atoms with Gasteiger partial charge in [0.2, 0.25) is 0 Å². The molecule has 3 unspecified atom stereocenters. The Kier molecular flexibility index (Phi) is 9.41. The van der Waals surface area contributed by atoms with Gasteiger partial charge in [0, 0.05) is 24.9 Å². The molecule has 0 aliphatic carbocycles. The van der Waals surface area contributed by atoms with E-state index in [-0.39, 0.29) is 30.8 Å². The molecule has 0 radical (unpaired) electrons. The summed E-state index contributed by atoms with van der Waals surface area (Å²) in [5.41, 5.74) is 1.10. The number of carbonyl (C=O) groups is 1. The van der Waals surface area contributed by atoms with Crippen LogP contribution in [0, 0.1) is 11.8 Å². The minimum atomic E-state index is -4.16. The first kappa shape index (κ1) is 26.9. The highest BCUT2D eigenvalue weighted by Gasteiger charge is 2.37. The number of rotatable bonds is 10. The predicted molar refractivity (Wildman–Crippen MR) is 127 cm³/mol. The van der Waals surface area contributed by atoms with Gasteiger partial charge in [0.15, 0.2) is 0 Å². The van der Waals surface area contributed by atoms with Gasteiger partial charge < -0.3 is 5.11 Å². The molecule has 1 aliphatic heterocycles. The van der Waals surface area contributed by atoms with E-state index in [9.17, 15) is 23.1 Å². The molecule has 2 rings (SSSR count). The number of halogens is 3. The van der Waals surface area contributed by atoms with Crippen LogP contribution in [0.2, 0.25) is 19.6 Å². The maximum Gasteiger partial charge on any atom is 0.389 e. The van der Waals surface area contributed by atoms with Gasteiger partial charge >= 0.3 is 12.1 Å². The van der Waals surface area contributed by atoms with E-state index in [1.807, 2.05) is 0 Å². The van der Waals surface area contributed by atoms with Crippen LogP contribution in [0.4, 0.5) is 13.2 Å². The van der Waals surface area contributed by atoms with Crippen LogP contribution < -0.4 is 5.19 Å². The molecule has 1 aromatic rings. The van der Waals surface area contributed by atoms with Gasteiger partial charge in [-0.3, -0.25) is 9.69 Å². The molecule has 1 aliphatic rings. The zero-order valence-corrected chi connectivity index (χ0v) is 21.2. The number of alkyl halides is 3. The van der Waals surface area contributed by atoms with E-state index in [0.717, 1.165) is 24.8 Å². The number of hydrogen-bond acceptors (Lipinski definition) is 2. The Bertz CT molecular complexity index is 728. The second kappa shape index (κ2) is 11.2. The quantitative estimate of drug-likeness (QED) is 0.391. The maximum absolute atomic E-state index is 13.1. The minimum Gasteiger partial charge on any atom is -0.481 e. The van der Waals surface area contributed by atoms with Gasteiger partial charge in [0.05, 0.1) is 8.07 Å². The average Bonchev–Trinajstić information content (AvgIpc) is 2.66. The number of likely N-dealkylation sites (tertiary alicyclic amines) is 1. The van der Waals surface area contributed by atoms with Gasteiger partial charge in [-0.05, 0) is 56.0 Å². The molecule has 32 heavy (non-hydrogen) atoms. The monoisotopic (exact) mass is 471 g/mol. The number of hydrogen-bond donors (Lipinski definition) is 1. The van der Waals surface area contributed by atoms with Crippen LogP contribution in [0.5, 0.6) is 0 Å². The van der Waals surface area contributed by atoms with Crippen LogP contribution in [0.1, 0.15) is 70.4 Å². The van der Waals surface area contributed by atoms with Crippen molar-refractivity contribution in [2.75, 3.05) is 6.54 Å². The number of carboxylic acids is 1. The highest BCUT2D eigenvalue weighted by atomic mass is 28.3. The fraction of sp³-hybridized carbons (Fsp3) is 0.720. The van der Waals surface area contributed by atoms with Crippen molar-refractivity contribution in [3.8, 4) is 0 Å². The van der Waals surface area contributed by atoms with E-state index in [4.69, 9.17) is 0 Å². The molecule has 1 N–H and O–H groups in total. The Labute approximate surface area is 192 Å². The molecule has 182 valence electrons. The maximum atomic E-state index is 13.1. The summed E-state index contributed by atoms with van der Waals surface area (Å²) in [7, 11) is -1.46. The van der Waals surface area contributed by atoms with Crippen LogP contribution >= 0.6 is 0 Å². The first-order valence-electron chi connectivity index (χ1n) is 11.9. The van der Waals surface area contributed by atoms with Crippen molar-refractivity contribution in [2.24, 2.45) is 11.8 Å². The van der Waals surface area contributed by atoms with Crippen molar-refractivity contribution < 1.29 is 23.1 Å². The number of benzene rings is 1. The standard InChI is InChI=1S/C25H40F3NO2Si/c1-18(2)6-9-21(12-14-25(26,27)28)29-15-13-19(17-24(30)31)16-23(29)20-7-10-22(11-8-20)32(3,4)5/h7-8,10-11,18-19,21,23H,6,9,12-17H2,1-5H3,(H,30,31). The van der Waals surface area contributed by atoms with Crippen LogP contribution in [-0.4, -0.2) is 42.8 Å². The highest BCUT2D eigenvalue weighted by molar-refractivity contribution is 6.88. The third-order valence-electron chi connectivity index (χ3n) is 6.68. The first-order chi connectivity index (χ1) is 14.8. The molecular formula is C25H40F3NO2Si. The fourth-order valence-corrected chi connectivity index (χ4v) is 5.96. The first-order valence-corrected chi connectivity index (χ1v) is 15.4. The number of aliphatic carboxylic acids is 1. The lowest BCUT2D eigenvalue weighted by Crippen LogP contribution is -2.45. The summed E-state index contributed by atoms with van der Waals surface area (Å²) in [4.78, 5) is 13.6. The second-order valence-electron chi connectivity index (χ2n) is 10.9. The van der Waals surface area contributed by atoms with E-state index in [0.29, 0.717) is 18.9 Å². The van der Waals surface area contributed by atoms with E-state index in [1.54, 1.807) is 0 Å². The van der Waals surface area contributed by atoms with Crippen LogP contribution in [0.3, 0.4) is 0 Å². The summed E-state index contributed by atoms with van der Waals surface area (Å²) < 4.78 is 39.3. The van der Waals surface area contributed by atoms with Crippen LogP contribution in [0.25, 0.3) is 0 Å². The van der Waals surface area contributed by atoms with Gasteiger partial charge in [-0.25, -0.2) is 0 Å². The zero-order chi connectivity index (χ0) is 24.1. The summed E-state index contributed by atoms with van der Waals surface area (Å²) in [6.07, 6.45) is -1.68. The zero-order valence-electron chi connectivity index (χ0n) is 20.2. The minimum absolute atomic E-state index is 0.0332. The van der Waals surface area contributed by atoms with E-state index in [1.165, 1.54) is 5.19 Å². The molecule has 3 nitrogen and oxygen atoms in total. The number of nitrogens with zero attached hydrogens (tertiary/aromatic N) is 1. The van der Waals surface area contributed by atoms with Gasteiger partial charge in [0.25, 0.3) is 0 Å². The molecule has 0 aromatic heterocycles. The lowest BCUT2D eigenvalue weighted by Gasteiger charge is -2.44. The van der Waals surface area contributed by atoms with Gasteiger partial charge in [0.1, 0.15) is 0 Å². The van der Waals surface area contributed by atoms with Crippen molar-refractivity contribution in [1.29, 1.82) is 0 Å². The van der Waals surface area contributed by atoms with E-state index in [2.05, 4.69) is 62.7 Å². The molecule has 0 spiro atoms. The second-order valence-corrected chi connectivity index (χ2v) is 16.0. The van der Waals surface area contributed by atoms with Crippen molar-refractivity contribution >= 4 is 19.2 Å². The SMILES string of the molecule is CC(C)CCC(CCC(F)(F)F)N1CCC(CC(=O)O)CC1c1ccc([Si](C)(C)C)cc1. The van der Waals surface area contributed by atoms with Gasteiger partial charge in [-0.15, -0.1) is 0 Å². The highest BCUT2D eigenvalue weighted by Crippen LogP contribution is 2.39. The summed E-state index contributed by atoms with van der Waals surface area (Å²) in [6, 6.07) is 8.40. The molecule has 7 heteroatoms. The van der Waals surface area contributed by atoms with Gasteiger partial charge in [-0.1, -0.05) is 62.9 Å². The molecule has 0 bridgehead atoms. The van der Waals surface area contributed by atoms with Crippen molar-refractivity contribution in [3.63, 3.8) is 0 Å². The average molecular weight is 472 g/mol. The summed E-state index contributed by atoms with van der Waals surface area (Å²) in [5.74, 6) is -0.314. The number of piperidine rings is 1. The van der Waals surface area contributed by atoms with Crippen molar-refractivity contribution in [2.45, 2.75) is 96.7 Å². The largest absolute Gasteiger partial charge is 0.481 e. The van der Waals surface area contributed by atoms with Crippen molar-refractivity contribution in [1.82, 2.24) is 4.90 Å². The summed E-state index contributed by atoms with van der Waals surface area (Å²) in [6.45, 7) is 11.7. The van der Waals surface area contributed by atoms with Gasteiger partial charge in [-0.2, -0.15) is 13.2 Å². The fourth-order valence-electron chi connectivity index (χ4n) is 4.79. The Balaban J connectivity index is 2.32. The molecule has 0 amide bonds. The lowest BCUT2D eigenvalue weighted by molar-refractivity contribution is -0.141. The smallest absolute Gasteiger partial charge is 0.389 e. The molecule has 1 heterocycles. The summed E-state index contributed by atoms with van der Waals surface area (Å²) in [5, 5.41) is 10.7. The molecule has 1 saturated heterocycles. The van der Waals surface area contributed by atoms with E-state index >= 15 is 0 Å². The number of carboxylic acid groups (broad SMARTS) is 1. The summed E-state index contributed by atoms with van der Waals surface area (Å²) >= 11 is 0. The van der Waals surface area contributed by atoms with Crippen LogP contribution in [0.15, 0.2) is 24.3 Å². The molecule has 0 saturated carbocycles. The third kappa shape index (κ3) is 8.54. The molecule has 1 aromatic carbocycles. The van der Waals surface area contributed by atoms with E-state index < -0.39 is 26.6 Å². The molecular weight excluding hydrogens is 431 g/mol. The molecule has 1 fully saturated rings. The lowest BCUT2D eigenvalue weighted by atomic mass is 9.83.